The average molecular weight is 354 g/mol. The van der Waals surface area contributed by atoms with Gasteiger partial charge in [-0.15, -0.1) is 0 Å². The maximum Gasteiger partial charge on any atom is 0.127 e. The molecule has 2 saturated heterocycles. The fourth-order valence-corrected chi connectivity index (χ4v) is 4.95. The van der Waals surface area contributed by atoms with Crippen LogP contribution in [0.1, 0.15) is 22.7 Å². The Labute approximate surface area is 155 Å². The molecule has 0 radical (unpaired) electrons. The number of hydrogen-bond acceptors (Lipinski definition) is 3. The molecule has 2 aromatic rings. The van der Waals surface area contributed by atoms with Crippen molar-refractivity contribution in [1.29, 1.82) is 0 Å². The van der Waals surface area contributed by atoms with Gasteiger partial charge in [-0.3, -0.25) is 9.80 Å². The molecule has 2 aliphatic heterocycles. The predicted octanol–water partition coefficient (Wildman–Crippen LogP) is 3.88. The zero-order valence-electron chi connectivity index (χ0n) is 15.8. The highest BCUT2D eigenvalue weighted by atomic mass is 19.1. The molecule has 0 bridgehead atoms. The van der Waals surface area contributed by atoms with Crippen molar-refractivity contribution in [3.8, 4) is 5.75 Å². The summed E-state index contributed by atoms with van der Waals surface area (Å²) in [5.41, 5.74) is 3.82. The lowest BCUT2D eigenvalue weighted by Gasteiger charge is -2.28. The first kappa shape index (κ1) is 17.5. The molecule has 4 rings (SSSR count). The lowest BCUT2D eigenvalue weighted by atomic mass is 9.88. The number of ether oxygens (including phenoxy) is 1. The van der Waals surface area contributed by atoms with Crippen LogP contribution >= 0.6 is 0 Å². The van der Waals surface area contributed by atoms with Crippen LogP contribution in [0.2, 0.25) is 0 Å². The Bertz CT molecular complexity index is 793. The third-order valence-electron chi connectivity index (χ3n) is 6.05. The molecule has 3 nitrogen and oxygen atoms in total. The monoisotopic (exact) mass is 354 g/mol. The van der Waals surface area contributed by atoms with Crippen LogP contribution in [-0.2, 0) is 6.54 Å². The molecule has 4 heteroatoms. The molecule has 2 aromatic carbocycles. The molecule has 26 heavy (non-hydrogen) atoms. The lowest BCUT2D eigenvalue weighted by Crippen LogP contribution is -2.29. The molecule has 0 spiro atoms. The van der Waals surface area contributed by atoms with Crippen LogP contribution in [0.15, 0.2) is 42.5 Å². The van der Waals surface area contributed by atoms with Crippen molar-refractivity contribution in [2.24, 2.45) is 11.8 Å². The van der Waals surface area contributed by atoms with Gasteiger partial charge in [0.1, 0.15) is 11.6 Å². The van der Waals surface area contributed by atoms with Crippen LogP contribution in [0.4, 0.5) is 4.39 Å². The Hall–Kier alpha value is -1.91. The summed E-state index contributed by atoms with van der Waals surface area (Å²) in [7, 11) is 3.83. The number of nitrogens with zero attached hydrogens (tertiary/aromatic N) is 2. The Kier molecular flexibility index (Phi) is 4.72. The number of methoxy groups -OCH3 is 1. The van der Waals surface area contributed by atoms with E-state index in [0.29, 0.717) is 23.6 Å². The van der Waals surface area contributed by atoms with E-state index in [2.05, 4.69) is 48.0 Å². The van der Waals surface area contributed by atoms with Gasteiger partial charge in [-0.1, -0.05) is 24.3 Å². The highest BCUT2D eigenvalue weighted by Gasteiger charge is 2.46. The largest absolute Gasteiger partial charge is 0.497 e. The minimum absolute atomic E-state index is 0.226. The predicted molar refractivity (Wildman–Crippen MR) is 102 cm³/mol. The van der Waals surface area contributed by atoms with Crippen LogP contribution < -0.4 is 4.74 Å². The normalized spacial score (nSPS) is 26.2. The van der Waals surface area contributed by atoms with E-state index in [0.717, 1.165) is 31.7 Å². The molecule has 0 saturated carbocycles. The number of aryl methyl sites for hydroxylation is 1. The lowest BCUT2D eigenvalue weighted by molar-refractivity contribution is 0.224. The highest BCUT2D eigenvalue weighted by molar-refractivity contribution is 5.32. The van der Waals surface area contributed by atoms with Crippen molar-refractivity contribution < 1.29 is 9.13 Å². The van der Waals surface area contributed by atoms with E-state index < -0.39 is 0 Å². The summed E-state index contributed by atoms with van der Waals surface area (Å²) in [6.45, 7) is 6.27. The van der Waals surface area contributed by atoms with E-state index in [1.165, 1.54) is 17.2 Å². The molecule has 0 amide bonds. The molecule has 3 atom stereocenters. The van der Waals surface area contributed by atoms with Crippen LogP contribution in [0.5, 0.6) is 5.75 Å². The van der Waals surface area contributed by atoms with E-state index in [4.69, 9.17) is 4.74 Å². The summed E-state index contributed by atoms with van der Waals surface area (Å²) in [5, 5.41) is 0. The van der Waals surface area contributed by atoms with Crippen molar-refractivity contribution >= 4 is 0 Å². The van der Waals surface area contributed by atoms with Gasteiger partial charge < -0.3 is 4.74 Å². The van der Waals surface area contributed by atoms with Crippen molar-refractivity contribution in [3.05, 3.63) is 65.0 Å². The molecule has 0 aliphatic carbocycles. The number of rotatable bonds is 4. The maximum absolute atomic E-state index is 13.8. The van der Waals surface area contributed by atoms with Gasteiger partial charge in [0.2, 0.25) is 0 Å². The van der Waals surface area contributed by atoms with E-state index in [1.807, 2.05) is 6.07 Å². The van der Waals surface area contributed by atoms with Crippen molar-refractivity contribution in [3.63, 3.8) is 0 Å². The van der Waals surface area contributed by atoms with Gasteiger partial charge >= 0.3 is 0 Å². The summed E-state index contributed by atoms with van der Waals surface area (Å²) < 4.78 is 19.0. The van der Waals surface area contributed by atoms with Crippen molar-refractivity contribution in [2.45, 2.75) is 19.5 Å². The Balaban J connectivity index is 1.51. The molecule has 2 fully saturated rings. The molecule has 138 valence electrons. The zero-order valence-corrected chi connectivity index (χ0v) is 15.8. The molecule has 0 unspecified atom stereocenters. The summed E-state index contributed by atoms with van der Waals surface area (Å²) in [6, 6.07) is 14.2. The smallest absolute Gasteiger partial charge is 0.127 e. The standard InChI is InChI=1S/C22H27FN2O/c1-15-6-4-5-7-20(15)22-21-14-25(13-17(21)12-24(22)2)11-16-8-18(23)10-19(9-16)26-3/h4-10,17,21-22H,11-14H2,1-3H3/t17-,21+,22+/m0/s1. The summed E-state index contributed by atoms with van der Waals surface area (Å²) >= 11 is 0. The minimum Gasteiger partial charge on any atom is -0.497 e. The number of likely N-dealkylation sites (tertiary alicyclic amines) is 2. The molecule has 0 aromatic heterocycles. The van der Waals surface area contributed by atoms with Gasteiger partial charge in [-0.05, 0) is 54.6 Å². The molecular weight excluding hydrogens is 327 g/mol. The molecular formula is C22H27FN2O. The number of benzene rings is 2. The van der Waals surface area contributed by atoms with Gasteiger partial charge in [-0.25, -0.2) is 4.39 Å². The maximum atomic E-state index is 13.8. The minimum atomic E-state index is -0.226. The summed E-state index contributed by atoms with van der Waals surface area (Å²) in [5.74, 6) is 1.68. The highest BCUT2D eigenvalue weighted by Crippen LogP contribution is 2.45. The van der Waals surface area contributed by atoms with Gasteiger partial charge in [0.15, 0.2) is 0 Å². The zero-order chi connectivity index (χ0) is 18.3. The second-order valence-electron chi connectivity index (χ2n) is 7.86. The number of hydrogen-bond donors (Lipinski definition) is 0. The van der Waals surface area contributed by atoms with E-state index in [1.54, 1.807) is 13.2 Å². The van der Waals surface area contributed by atoms with E-state index in [-0.39, 0.29) is 5.82 Å². The van der Waals surface area contributed by atoms with Gasteiger partial charge in [0, 0.05) is 38.3 Å². The Morgan fingerprint density at radius 3 is 2.69 bits per heavy atom. The topological polar surface area (TPSA) is 15.7 Å². The second kappa shape index (κ2) is 7.01. The first-order chi connectivity index (χ1) is 12.5. The van der Waals surface area contributed by atoms with Crippen molar-refractivity contribution in [1.82, 2.24) is 9.80 Å². The summed E-state index contributed by atoms with van der Waals surface area (Å²) in [6.07, 6.45) is 0. The van der Waals surface area contributed by atoms with Crippen LogP contribution in [0, 0.1) is 24.6 Å². The third kappa shape index (κ3) is 3.24. The van der Waals surface area contributed by atoms with Crippen LogP contribution in [-0.4, -0.2) is 43.6 Å². The van der Waals surface area contributed by atoms with Crippen LogP contribution in [0.25, 0.3) is 0 Å². The van der Waals surface area contributed by atoms with Gasteiger partial charge in [0.05, 0.1) is 7.11 Å². The first-order valence-electron chi connectivity index (χ1n) is 9.36. The van der Waals surface area contributed by atoms with Gasteiger partial charge in [-0.2, -0.15) is 0 Å². The average Bonchev–Trinajstić information content (AvgIpc) is 3.11. The fraction of sp³-hybridized carbons (Fsp3) is 0.455. The quantitative estimate of drug-likeness (QED) is 0.829. The Morgan fingerprint density at radius 1 is 1.12 bits per heavy atom. The Morgan fingerprint density at radius 2 is 1.92 bits per heavy atom. The summed E-state index contributed by atoms with van der Waals surface area (Å²) in [4.78, 5) is 4.99. The molecule has 2 aliphatic rings. The second-order valence-corrected chi connectivity index (χ2v) is 7.86. The number of halogens is 1. The van der Waals surface area contributed by atoms with Crippen molar-refractivity contribution in [2.75, 3.05) is 33.8 Å². The third-order valence-corrected chi connectivity index (χ3v) is 6.05. The molecule has 0 N–H and O–H groups in total. The number of fused-ring (bicyclic) bond motifs is 1. The first-order valence-corrected chi connectivity index (χ1v) is 9.36. The van der Waals surface area contributed by atoms with E-state index in [9.17, 15) is 4.39 Å². The fourth-order valence-electron chi connectivity index (χ4n) is 4.95. The van der Waals surface area contributed by atoms with Crippen LogP contribution in [0.3, 0.4) is 0 Å². The van der Waals surface area contributed by atoms with Gasteiger partial charge in [0.25, 0.3) is 0 Å². The molecule has 2 heterocycles. The van der Waals surface area contributed by atoms with E-state index >= 15 is 0 Å². The SMILES string of the molecule is COc1cc(F)cc(CN2C[C@@H]3CN(C)[C@H](c4ccccc4C)[C@@H]3C2)c1.